The number of hydrogen-bond donors (Lipinski definition) is 1. The van der Waals surface area contributed by atoms with Crippen LogP contribution in [0.15, 0.2) is 12.5 Å². The van der Waals surface area contributed by atoms with Crippen LogP contribution in [0.1, 0.15) is 24.4 Å². The number of ether oxygens (including phenoxy) is 1. The van der Waals surface area contributed by atoms with E-state index in [-0.39, 0.29) is 0 Å². The minimum Gasteiger partial charge on any atom is -0.378 e. The van der Waals surface area contributed by atoms with Gasteiger partial charge < -0.3 is 14.6 Å². The molecule has 0 unspecified atom stereocenters. The minimum absolute atomic E-state index is 0.456. The van der Waals surface area contributed by atoms with Gasteiger partial charge in [0.2, 0.25) is 0 Å². The third kappa shape index (κ3) is 3.40. The molecule has 0 aliphatic rings. The van der Waals surface area contributed by atoms with Gasteiger partial charge >= 0.3 is 0 Å². The Morgan fingerprint density at radius 3 is 2.84 bits per heavy atom. The minimum atomic E-state index is 0.456. The molecule has 1 N–H and O–H groups in total. The summed E-state index contributed by atoms with van der Waals surface area (Å²) in [6, 6.07) is 0.456. The number of rotatable bonds is 6. The van der Waals surface area contributed by atoms with E-state index >= 15 is 0 Å². The molecule has 0 amide bonds. The Balaban J connectivity index is 2.26. The second-order valence-electron chi connectivity index (χ2n) is 4.75. The van der Waals surface area contributed by atoms with Gasteiger partial charge in [-0.05, 0) is 0 Å². The lowest BCUT2D eigenvalue weighted by atomic mass is 10.3. The van der Waals surface area contributed by atoms with Gasteiger partial charge in [-0.2, -0.15) is 0 Å². The van der Waals surface area contributed by atoms with E-state index in [9.17, 15) is 0 Å². The van der Waals surface area contributed by atoms with Crippen LogP contribution in [0.5, 0.6) is 0 Å². The standard InChI is InChI=1S/C13H20N4OS/c1-9(2)15-6-12-10(7-18-4)16-13(19-12)11-5-14-8-17(11)3/h5,8-9,15H,6-7H2,1-4H3. The van der Waals surface area contributed by atoms with Crippen molar-refractivity contribution in [3.05, 3.63) is 23.1 Å². The van der Waals surface area contributed by atoms with Crippen molar-refractivity contribution in [2.24, 2.45) is 7.05 Å². The zero-order chi connectivity index (χ0) is 13.8. The lowest BCUT2D eigenvalue weighted by Gasteiger charge is -2.07. The third-order valence-electron chi connectivity index (χ3n) is 2.77. The van der Waals surface area contributed by atoms with E-state index in [0.29, 0.717) is 12.6 Å². The smallest absolute Gasteiger partial charge is 0.142 e. The van der Waals surface area contributed by atoms with E-state index in [4.69, 9.17) is 4.74 Å². The maximum absolute atomic E-state index is 5.23. The fraction of sp³-hybridized carbons (Fsp3) is 0.538. The van der Waals surface area contributed by atoms with Gasteiger partial charge in [0.25, 0.3) is 0 Å². The normalized spacial score (nSPS) is 11.4. The van der Waals surface area contributed by atoms with E-state index < -0.39 is 0 Å². The van der Waals surface area contributed by atoms with Gasteiger partial charge in [-0.25, -0.2) is 9.97 Å². The highest BCUT2D eigenvalue weighted by Crippen LogP contribution is 2.28. The Bertz CT molecular complexity index is 532. The Morgan fingerprint density at radius 2 is 2.26 bits per heavy atom. The van der Waals surface area contributed by atoms with Crippen molar-refractivity contribution in [2.45, 2.75) is 33.0 Å². The summed E-state index contributed by atoms with van der Waals surface area (Å²) in [5.41, 5.74) is 2.05. The summed E-state index contributed by atoms with van der Waals surface area (Å²) < 4.78 is 7.21. The van der Waals surface area contributed by atoms with Gasteiger partial charge in [0.15, 0.2) is 0 Å². The number of aromatic nitrogens is 3. The first kappa shape index (κ1) is 14.2. The predicted molar refractivity (Wildman–Crippen MR) is 77.0 cm³/mol. The molecule has 19 heavy (non-hydrogen) atoms. The lowest BCUT2D eigenvalue weighted by Crippen LogP contribution is -2.21. The summed E-state index contributed by atoms with van der Waals surface area (Å²) in [7, 11) is 3.68. The number of nitrogens with zero attached hydrogens (tertiary/aromatic N) is 3. The highest BCUT2D eigenvalue weighted by molar-refractivity contribution is 7.15. The van der Waals surface area contributed by atoms with Crippen LogP contribution in [0.2, 0.25) is 0 Å². The average molecular weight is 280 g/mol. The van der Waals surface area contributed by atoms with Gasteiger partial charge in [-0.15, -0.1) is 11.3 Å². The summed E-state index contributed by atoms with van der Waals surface area (Å²) in [5, 5.41) is 4.42. The molecule has 0 aliphatic carbocycles. The SMILES string of the molecule is COCc1nc(-c2cncn2C)sc1CNC(C)C. The van der Waals surface area contributed by atoms with Crippen molar-refractivity contribution in [3.63, 3.8) is 0 Å². The molecule has 5 nitrogen and oxygen atoms in total. The lowest BCUT2D eigenvalue weighted by molar-refractivity contribution is 0.181. The zero-order valence-electron chi connectivity index (χ0n) is 11.8. The predicted octanol–water partition coefficient (Wildman–Crippen LogP) is 2.19. The Labute approximate surface area is 117 Å². The van der Waals surface area contributed by atoms with E-state index in [2.05, 4.69) is 29.1 Å². The summed E-state index contributed by atoms with van der Waals surface area (Å²) in [6.45, 7) is 5.65. The number of methoxy groups -OCH3 is 1. The molecule has 2 heterocycles. The van der Waals surface area contributed by atoms with Gasteiger partial charge in [-0.1, -0.05) is 13.8 Å². The van der Waals surface area contributed by atoms with E-state index in [1.807, 2.05) is 17.8 Å². The molecule has 2 aromatic rings. The largest absolute Gasteiger partial charge is 0.378 e. The fourth-order valence-corrected chi connectivity index (χ4v) is 2.81. The molecule has 104 valence electrons. The van der Waals surface area contributed by atoms with Gasteiger partial charge in [-0.3, -0.25) is 0 Å². The number of aryl methyl sites for hydroxylation is 1. The molecular formula is C13H20N4OS. The average Bonchev–Trinajstić information content (AvgIpc) is 2.93. The first-order chi connectivity index (χ1) is 9.11. The van der Waals surface area contributed by atoms with Crippen molar-refractivity contribution < 1.29 is 4.74 Å². The van der Waals surface area contributed by atoms with E-state index in [1.165, 1.54) is 4.88 Å². The van der Waals surface area contributed by atoms with Crippen molar-refractivity contribution in [1.82, 2.24) is 19.9 Å². The van der Waals surface area contributed by atoms with Crippen LogP contribution in [0.4, 0.5) is 0 Å². The summed E-state index contributed by atoms with van der Waals surface area (Å²) in [6.07, 6.45) is 3.63. The van der Waals surface area contributed by atoms with Gasteiger partial charge in [0.05, 0.1) is 30.5 Å². The van der Waals surface area contributed by atoms with Crippen LogP contribution in [0, 0.1) is 0 Å². The molecule has 6 heteroatoms. The fourth-order valence-electron chi connectivity index (χ4n) is 1.74. The second-order valence-corrected chi connectivity index (χ2v) is 5.83. The second kappa shape index (κ2) is 6.27. The van der Waals surface area contributed by atoms with Crippen molar-refractivity contribution in [2.75, 3.05) is 7.11 Å². The summed E-state index contributed by atoms with van der Waals surface area (Å²) >= 11 is 1.70. The van der Waals surface area contributed by atoms with Crippen LogP contribution >= 0.6 is 11.3 Å². The van der Waals surface area contributed by atoms with Gasteiger partial charge in [0, 0.05) is 31.6 Å². The van der Waals surface area contributed by atoms with Crippen LogP contribution < -0.4 is 5.32 Å². The monoisotopic (exact) mass is 280 g/mol. The highest BCUT2D eigenvalue weighted by Gasteiger charge is 2.14. The molecule has 0 atom stereocenters. The number of nitrogens with one attached hydrogen (secondary N) is 1. The van der Waals surface area contributed by atoms with E-state index in [1.54, 1.807) is 24.8 Å². The maximum Gasteiger partial charge on any atom is 0.142 e. The molecule has 0 spiro atoms. The molecule has 2 rings (SSSR count). The van der Waals surface area contributed by atoms with Crippen LogP contribution in [-0.2, 0) is 24.9 Å². The summed E-state index contributed by atoms with van der Waals surface area (Å²) in [4.78, 5) is 10.0. The number of thiazole rings is 1. The van der Waals surface area contributed by atoms with Crippen LogP contribution in [0.3, 0.4) is 0 Å². The quantitative estimate of drug-likeness (QED) is 0.881. The molecule has 0 saturated heterocycles. The molecule has 0 saturated carbocycles. The molecule has 0 fully saturated rings. The molecule has 2 aromatic heterocycles. The van der Waals surface area contributed by atoms with Crippen LogP contribution in [0.25, 0.3) is 10.7 Å². The molecule has 0 aliphatic heterocycles. The zero-order valence-corrected chi connectivity index (χ0v) is 12.6. The highest BCUT2D eigenvalue weighted by atomic mass is 32.1. The molecule has 0 bridgehead atoms. The van der Waals surface area contributed by atoms with Gasteiger partial charge in [0.1, 0.15) is 5.01 Å². The maximum atomic E-state index is 5.23. The van der Waals surface area contributed by atoms with Crippen LogP contribution in [-0.4, -0.2) is 27.7 Å². The topological polar surface area (TPSA) is 52.0 Å². The summed E-state index contributed by atoms with van der Waals surface area (Å²) in [5.74, 6) is 0. The molecular weight excluding hydrogens is 260 g/mol. The Morgan fingerprint density at radius 1 is 1.47 bits per heavy atom. The molecule has 0 aromatic carbocycles. The first-order valence-electron chi connectivity index (χ1n) is 6.29. The Hall–Kier alpha value is -1.24. The number of imidazole rings is 1. The third-order valence-corrected chi connectivity index (χ3v) is 3.89. The van der Waals surface area contributed by atoms with Crippen molar-refractivity contribution >= 4 is 11.3 Å². The van der Waals surface area contributed by atoms with Crippen molar-refractivity contribution in [3.8, 4) is 10.7 Å². The number of hydrogen-bond acceptors (Lipinski definition) is 5. The van der Waals surface area contributed by atoms with E-state index in [0.717, 1.165) is 22.9 Å². The first-order valence-corrected chi connectivity index (χ1v) is 7.11. The Kier molecular flexibility index (Phi) is 4.68. The van der Waals surface area contributed by atoms with Crippen molar-refractivity contribution in [1.29, 1.82) is 0 Å². The molecule has 0 radical (unpaired) electrons.